The second-order valence-electron chi connectivity index (χ2n) is 18.7. The monoisotopic (exact) mass is 980 g/mol. The van der Waals surface area contributed by atoms with E-state index in [1.807, 2.05) is 113 Å². The Morgan fingerprint density at radius 3 is 1.99 bits per heavy atom. The largest absolute Gasteiger partial charge is 0.353 e. The average molecular weight is 980 g/mol. The normalized spacial score (nSPS) is 15.0. The van der Waals surface area contributed by atoms with Crippen molar-refractivity contribution in [3.05, 3.63) is 132 Å². The summed E-state index contributed by atoms with van der Waals surface area (Å²) in [5.74, 6) is 4.78. The van der Waals surface area contributed by atoms with Gasteiger partial charge in [0.15, 0.2) is 0 Å². The van der Waals surface area contributed by atoms with Crippen LogP contribution in [0.4, 0.5) is 5.82 Å². The molecule has 0 atom stereocenters. The molecule has 1 amide bonds. The van der Waals surface area contributed by atoms with Crippen LogP contribution in [0.15, 0.2) is 108 Å². The van der Waals surface area contributed by atoms with Crippen LogP contribution in [0.5, 0.6) is 0 Å². The van der Waals surface area contributed by atoms with E-state index in [2.05, 4.69) is 89.7 Å². The number of nitrogens with zero attached hydrogens (tertiary/aromatic N) is 10. The van der Waals surface area contributed by atoms with Crippen molar-refractivity contribution in [2.75, 3.05) is 31.1 Å². The SMILES string of the molecule is C1CCC(C2CCCCC2)CC1.CC.CC.CC.Cc1nc(-c2ccc(CNC(=O)c3cc(CC(C)C)nn3C)cc2)no1.c1ccc(-n2cc(CN3CCN(c4ncnc5ccccc45)CC3)cn2)cc1. The number of rotatable bonds is 11. The zero-order valence-corrected chi connectivity index (χ0v) is 45.4. The molecule has 13 heteroatoms. The lowest BCUT2D eigenvalue weighted by Crippen LogP contribution is -2.46. The highest BCUT2D eigenvalue weighted by Crippen LogP contribution is 2.38. The van der Waals surface area contributed by atoms with E-state index in [9.17, 15) is 4.79 Å². The van der Waals surface area contributed by atoms with Gasteiger partial charge in [-0.2, -0.15) is 15.2 Å². The molecule has 1 aliphatic heterocycles. The number of benzene rings is 3. The number of carbonyl (C=O) groups is 1. The standard InChI is InChI=1S/C22H22N6.C19H23N5O2.C12H22.3C2H6/c1-2-6-19(7-3-1)28-16-18(14-25-28)15-26-10-12-27(13-11-26)22-20-8-4-5-9-21(20)23-17-24-22;1-12(2)9-16-10-17(24(4)22-16)19(25)20-11-14-5-7-15(8-6-14)18-21-13(3)26-23-18;1-3-7-11(8-4-1)12-9-5-2-6-10-12;3*1-2/h1-9,14,16-17H,10-13,15H2;5-8,10,12H,9,11H2,1-4H3,(H,20,25);11-12H,1-10H2;3*1-2H3. The van der Waals surface area contributed by atoms with Crippen LogP contribution in [0.2, 0.25) is 0 Å². The minimum absolute atomic E-state index is 0.132. The molecule has 388 valence electrons. The predicted molar refractivity (Wildman–Crippen MR) is 295 cm³/mol. The molecule has 0 bridgehead atoms. The second-order valence-corrected chi connectivity index (χ2v) is 18.7. The summed E-state index contributed by atoms with van der Waals surface area (Å²) in [6, 6.07) is 28.0. The van der Waals surface area contributed by atoms with Gasteiger partial charge in [-0.3, -0.25) is 14.4 Å². The molecule has 13 nitrogen and oxygen atoms in total. The summed E-state index contributed by atoms with van der Waals surface area (Å²) in [4.78, 5) is 30.4. The lowest BCUT2D eigenvalue weighted by Gasteiger charge is -2.35. The van der Waals surface area contributed by atoms with Gasteiger partial charge in [0.2, 0.25) is 11.7 Å². The summed E-state index contributed by atoms with van der Waals surface area (Å²) < 4.78 is 8.56. The first kappa shape index (κ1) is 56.7. The molecular formula is C59H85N11O2. The van der Waals surface area contributed by atoms with Crippen molar-refractivity contribution in [3.8, 4) is 17.1 Å². The first-order chi connectivity index (χ1) is 35.3. The maximum atomic E-state index is 12.4. The Balaban J connectivity index is 0.000000202. The third kappa shape index (κ3) is 17.0. The Morgan fingerprint density at radius 2 is 1.38 bits per heavy atom. The first-order valence-electron chi connectivity index (χ1n) is 27.2. The number of aromatic nitrogens is 8. The maximum absolute atomic E-state index is 12.4. The fourth-order valence-corrected chi connectivity index (χ4v) is 9.71. The zero-order chi connectivity index (χ0) is 51.7. The van der Waals surface area contributed by atoms with Crippen molar-refractivity contribution in [3.63, 3.8) is 0 Å². The molecule has 0 spiro atoms. The summed E-state index contributed by atoms with van der Waals surface area (Å²) in [6.45, 7) is 23.3. The number of hydrogen-bond acceptors (Lipinski definition) is 10. The quantitative estimate of drug-likeness (QED) is 0.133. The smallest absolute Gasteiger partial charge is 0.269 e. The molecule has 72 heavy (non-hydrogen) atoms. The fraction of sp³-hybridized carbons (Fsp3) is 0.508. The van der Waals surface area contributed by atoms with Gasteiger partial charge >= 0.3 is 0 Å². The van der Waals surface area contributed by atoms with Gasteiger partial charge in [0.25, 0.3) is 5.91 Å². The molecule has 2 aliphatic carbocycles. The molecule has 1 saturated heterocycles. The van der Waals surface area contributed by atoms with Crippen LogP contribution in [0.25, 0.3) is 28.0 Å². The van der Waals surface area contributed by atoms with Crippen LogP contribution >= 0.6 is 0 Å². The van der Waals surface area contributed by atoms with Crippen molar-refractivity contribution < 1.29 is 9.32 Å². The number of aryl methyl sites for hydroxylation is 2. The maximum Gasteiger partial charge on any atom is 0.269 e. The van der Waals surface area contributed by atoms with E-state index >= 15 is 0 Å². The van der Waals surface area contributed by atoms with Gasteiger partial charge in [0, 0.05) is 75.9 Å². The van der Waals surface area contributed by atoms with Crippen LogP contribution in [-0.4, -0.2) is 76.7 Å². The van der Waals surface area contributed by atoms with E-state index in [0.29, 0.717) is 29.9 Å². The topological polar surface area (TPSA) is 136 Å². The highest BCUT2D eigenvalue weighted by molar-refractivity contribution is 5.92. The van der Waals surface area contributed by atoms with E-state index in [4.69, 9.17) is 4.52 Å². The number of fused-ring (bicyclic) bond motifs is 1. The molecule has 3 fully saturated rings. The van der Waals surface area contributed by atoms with Gasteiger partial charge in [-0.25, -0.2) is 14.6 Å². The lowest BCUT2D eigenvalue weighted by atomic mass is 9.73. The van der Waals surface area contributed by atoms with Gasteiger partial charge in [-0.1, -0.05) is 179 Å². The average Bonchev–Trinajstić information content (AvgIpc) is 4.20. The third-order valence-corrected chi connectivity index (χ3v) is 13.2. The van der Waals surface area contributed by atoms with E-state index < -0.39 is 0 Å². The summed E-state index contributed by atoms with van der Waals surface area (Å²) >= 11 is 0. The molecule has 4 aromatic heterocycles. The summed E-state index contributed by atoms with van der Waals surface area (Å²) in [6.07, 6.45) is 22.0. The van der Waals surface area contributed by atoms with Crippen LogP contribution in [0, 0.1) is 24.7 Å². The van der Waals surface area contributed by atoms with Gasteiger partial charge < -0.3 is 14.7 Å². The Bertz CT molecular complexity index is 2540. The second kappa shape index (κ2) is 30.6. The van der Waals surface area contributed by atoms with Crippen LogP contribution in [-0.2, 0) is 26.6 Å². The Hall–Kier alpha value is -6.21. The highest BCUT2D eigenvalue weighted by Gasteiger charge is 2.25. The first-order valence-corrected chi connectivity index (χ1v) is 27.2. The number of para-hydroxylation sites is 2. The third-order valence-electron chi connectivity index (χ3n) is 13.2. The Kier molecular flexibility index (Phi) is 24.1. The van der Waals surface area contributed by atoms with E-state index in [0.717, 1.165) is 90.2 Å². The highest BCUT2D eigenvalue weighted by atomic mass is 16.5. The molecule has 0 radical (unpaired) electrons. The molecule has 5 heterocycles. The molecule has 2 saturated carbocycles. The van der Waals surface area contributed by atoms with Crippen molar-refractivity contribution >= 4 is 22.6 Å². The minimum atomic E-state index is -0.132. The van der Waals surface area contributed by atoms with Crippen LogP contribution < -0.4 is 10.2 Å². The van der Waals surface area contributed by atoms with Crippen LogP contribution in [0.1, 0.15) is 153 Å². The number of carbonyl (C=O) groups excluding carboxylic acids is 1. The molecule has 7 aromatic rings. The van der Waals surface area contributed by atoms with E-state index in [-0.39, 0.29) is 5.91 Å². The molecule has 3 aromatic carbocycles. The lowest BCUT2D eigenvalue weighted by molar-refractivity contribution is 0.0941. The zero-order valence-electron chi connectivity index (χ0n) is 45.4. The number of nitrogens with one attached hydrogen (secondary N) is 1. The van der Waals surface area contributed by atoms with Crippen molar-refractivity contribution in [2.45, 2.75) is 146 Å². The Morgan fingerprint density at radius 1 is 0.750 bits per heavy atom. The number of hydrogen-bond donors (Lipinski definition) is 1. The van der Waals surface area contributed by atoms with Gasteiger partial charge in [-0.05, 0) is 60.1 Å². The molecule has 10 rings (SSSR count). The predicted octanol–water partition coefficient (Wildman–Crippen LogP) is 13.3. The van der Waals surface area contributed by atoms with Gasteiger partial charge in [-0.15, -0.1) is 0 Å². The summed E-state index contributed by atoms with van der Waals surface area (Å²) in [5, 5.41) is 16.9. The van der Waals surface area contributed by atoms with Crippen LogP contribution in [0.3, 0.4) is 0 Å². The number of piperazine rings is 1. The summed E-state index contributed by atoms with van der Waals surface area (Å²) in [5.41, 5.74) is 6.71. The molecule has 3 aliphatic rings. The van der Waals surface area contributed by atoms with E-state index in [1.165, 1.54) is 44.1 Å². The van der Waals surface area contributed by atoms with Gasteiger partial charge in [0.05, 0.1) is 23.1 Å². The van der Waals surface area contributed by atoms with Gasteiger partial charge in [0.1, 0.15) is 17.8 Å². The van der Waals surface area contributed by atoms with Crippen molar-refractivity contribution in [2.24, 2.45) is 24.8 Å². The number of amides is 1. The van der Waals surface area contributed by atoms with Crippen molar-refractivity contribution in [1.29, 1.82) is 0 Å². The van der Waals surface area contributed by atoms with E-state index in [1.54, 1.807) is 50.7 Å². The molecular weight excluding hydrogens is 895 g/mol. The number of anilines is 1. The fourth-order valence-electron chi connectivity index (χ4n) is 9.71. The summed E-state index contributed by atoms with van der Waals surface area (Å²) in [7, 11) is 1.79. The minimum Gasteiger partial charge on any atom is -0.353 e. The van der Waals surface area contributed by atoms with Crippen molar-refractivity contribution in [1.82, 2.24) is 49.9 Å². The molecule has 0 unspecified atom stereocenters. The Labute approximate surface area is 431 Å². The molecule has 1 N–H and O–H groups in total.